The van der Waals surface area contributed by atoms with Crippen LogP contribution in [0.3, 0.4) is 0 Å². The summed E-state index contributed by atoms with van der Waals surface area (Å²) in [5, 5.41) is 29.0. The zero-order valence-electron chi connectivity index (χ0n) is 18.7. The van der Waals surface area contributed by atoms with Gasteiger partial charge in [0.15, 0.2) is 0 Å². The second-order valence-electron chi connectivity index (χ2n) is 10.9. The standard InChI is InChI=1S/C23H40O4/c1-20(2,3)16-10-17(21(4,5)6)19(18(11-16)22(7,8)9)27-15-23(12-24,13-25)14-26/h10-11,24-26H,12-15H2,1-9H3. The van der Waals surface area contributed by atoms with E-state index in [9.17, 15) is 15.3 Å². The van der Waals surface area contributed by atoms with Crippen LogP contribution in [0.2, 0.25) is 0 Å². The molecule has 0 fully saturated rings. The van der Waals surface area contributed by atoms with Crippen molar-refractivity contribution < 1.29 is 20.1 Å². The zero-order valence-corrected chi connectivity index (χ0v) is 18.7. The highest BCUT2D eigenvalue weighted by Gasteiger charge is 2.34. The summed E-state index contributed by atoms with van der Waals surface area (Å²) in [7, 11) is 0. The van der Waals surface area contributed by atoms with E-state index in [4.69, 9.17) is 4.74 Å². The van der Waals surface area contributed by atoms with Gasteiger partial charge in [-0.3, -0.25) is 0 Å². The van der Waals surface area contributed by atoms with Crippen LogP contribution in [0.5, 0.6) is 5.75 Å². The summed E-state index contributed by atoms with van der Waals surface area (Å²) >= 11 is 0. The maximum absolute atomic E-state index is 9.66. The molecule has 0 aliphatic carbocycles. The van der Waals surface area contributed by atoms with Crippen LogP contribution in [0.25, 0.3) is 0 Å². The molecule has 0 saturated heterocycles. The van der Waals surface area contributed by atoms with Crippen molar-refractivity contribution in [3.05, 3.63) is 28.8 Å². The van der Waals surface area contributed by atoms with Gasteiger partial charge in [-0.15, -0.1) is 0 Å². The van der Waals surface area contributed by atoms with Crippen molar-refractivity contribution in [1.29, 1.82) is 0 Å². The molecule has 0 bridgehead atoms. The highest BCUT2D eigenvalue weighted by Crippen LogP contribution is 2.43. The lowest BCUT2D eigenvalue weighted by Crippen LogP contribution is -2.40. The van der Waals surface area contributed by atoms with Gasteiger partial charge < -0.3 is 20.1 Å². The largest absolute Gasteiger partial charge is 0.492 e. The molecule has 0 saturated carbocycles. The van der Waals surface area contributed by atoms with Gasteiger partial charge >= 0.3 is 0 Å². The van der Waals surface area contributed by atoms with Crippen molar-refractivity contribution in [3.63, 3.8) is 0 Å². The molecule has 4 nitrogen and oxygen atoms in total. The molecule has 0 atom stereocenters. The van der Waals surface area contributed by atoms with Crippen molar-refractivity contribution in [2.24, 2.45) is 5.41 Å². The number of ether oxygens (including phenoxy) is 1. The van der Waals surface area contributed by atoms with Crippen molar-refractivity contribution in [1.82, 2.24) is 0 Å². The maximum atomic E-state index is 9.66. The van der Waals surface area contributed by atoms with Crippen molar-refractivity contribution in [2.45, 2.75) is 78.6 Å². The van der Waals surface area contributed by atoms with Crippen LogP contribution >= 0.6 is 0 Å². The topological polar surface area (TPSA) is 69.9 Å². The van der Waals surface area contributed by atoms with Gasteiger partial charge in [-0.2, -0.15) is 0 Å². The van der Waals surface area contributed by atoms with Gasteiger partial charge in [0.05, 0.1) is 25.2 Å². The summed E-state index contributed by atoms with van der Waals surface area (Å²) in [6.07, 6.45) is 0. The first-order chi connectivity index (χ1) is 12.1. The third-order valence-electron chi connectivity index (χ3n) is 5.10. The monoisotopic (exact) mass is 380 g/mol. The first kappa shape index (κ1) is 23.9. The van der Waals surface area contributed by atoms with E-state index in [0.717, 1.165) is 16.9 Å². The Morgan fingerprint density at radius 2 is 1.04 bits per heavy atom. The molecule has 0 radical (unpaired) electrons. The smallest absolute Gasteiger partial charge is 0.126 e. The Labute approximate surface area is 165 Å². The van der Waals surface area contributed by atoms with Crippen LogP contribution < -0.4 is 4.74 Å². The Bertz CT molecular complexity index is 580. The van der Waals surface area contributed by atoms with E-state index < -0.39 is 5.41 Å². The molecule has 3 N–H and O–H groups in total. The highest BCUT2D eigenvalue weighted by atomic mass is 16.5. The molecule has 1 aromatic carbocycles. The van der Waals surface area contributed by atoms with Gasteiger partial charge in [-0.25, -0.2) is 0 Å². The first-order valence-corrected chi connectivity index (χ1v) is 9.76. The lowest BCUT2D eigenvalue weighted by atomic mass is 9.74. The van der Waals surface area contributed by atoms with E-state index in [1.54, 1.807) is 0 Å². The lowest BCUT2D eigenvalue weighted by molar-refractivity contribution is -0.0265. The summed E-state index contributed by atoms with van der Waals surface area (Å²) in [6, 6.07) is 4.42. The van der Waals surface area contributed by atoms with Gasteiger partial charge in [-0.05, 0) is 21.8 Å². The van der Waals surface area contributed by atoms with Crippen LogP contribution in [0.15, 0.2) is 12.1 Å². The summed E-state index contributed by atoms with van der Waals surface area (Å²) in [4.78, 5) is 0. The third kappa shape index (κ3) is 5.69. The van der Waals surface area contributed by atoms with E-state index in [-0.39, 0.29) is 42.7 Å². The molecule has 1 aromatic rings. The van der Waals surface area contributed by atoms with Crippen LogP contribution in [-0.2, 0) is 16.2 Å². The van der Waals surface area contributed by atoms with E-state index in [1.165, 1.54) is 5.56 Å². The minimum absolute atomic E-state index is 0.00356. The number of hydrogen-bond donors (Lipinski definition) is 3. The molecule has 0 aromatic heterocycles. The fourth-order valence-corrected chi connectivity index (χ4v) is 2.84. The van der Waals surface area contributed by atoms with Crippen molar-refractivity contribution in [3.8, 4) is 5.75 Å². The zero-order chi connectivity index (χ0) is 21.3. The van der Waals surface area contributed by atoms with Crippen LogP contribution in [0.4, 0.5) is 0 Å². The minimum Gasteiger partial charge on any atom is -0.492 e. The van der Waals surface area contributed by atoms with E-state index in [0.29, 0.717) is 0 Å². The second kappa shape index (κ2) is 8.10. The maximum Gasteiger partial charge on any atom is 0.126 e. The number of aliphatic hydroxyl groups excluding tert-OH is 3. The Hall–Kier alpha value is -1.10. The average Bonchev–Trinajstić information content (AvgIpc) is 2.53. The normalized spacial score (nSPS) is 13.8. The van der Waals surface area contributed by atoms with Crippen LogP contribution in [0.1, 0.15) is 79.0 Å². The number of aliphatic hydroxyl groups is 3. The highest BCUT2D eigenvalue weighted by molar-refractivity contribution is 5.52. The first-order valence-electron chi connectivity index (χ1n) is 9.76. The lowest BCUT2D eigenvalue weighted by Gasteiger charge is -2.35. The third-order valence-corrected chi connectivity index (χ3v) is 5.10. The second-order valence-corrected chi connectivity index (χ2v) is 10.9. The van der Waals surface area contributed by atoms with Gasteiger partial charge in [0.25, 0.3) is 0 Å². The summed E-state index contributed by atoms with van der Waals surface area (Å²) in [6.45, 7) is 18.6. The molecule has 0 spiro atoms. The predicted molar refractivity (Wildman–Crippen MR) is 112 cm³/mol. The fourth-order valence-electron chi connectivity index (χ4n) is 2.84. The number of rotatable bonds is 6. The van der Waals surface area contributed by atoms with Gasteiger partial charge in [0.1, 0.15) is 12.4 Å². The van der Waals surface area contributed by atoms with E-state index in [2.05, 4.69) is 74.4 Å². The Morgan fingerprint density at radius 3 is 1.30 bits per heavy atom. The molecular formula is C23H40O4. The summed E-state index contributed by atoms with van der Waals surface area (Å²) in [5.74, 6) is 0.794. The quantitative estimate of drug-likeness (QED) is 0.699. The molecule has 0 amide bonds. The Kier molecular flexibility index (Phi) is 7.18. The van der Waals surface area contributed by atoms with Crippen molar-refractivity contribution >= 4 is 0 Å². The Morgan fingerprint density at radius 1 is 0.667 bits per heavy atom. The molecule has 0 heterocycles. The molecule has 0 unspecified atom stereocenters. The van der Waals surface area contributed by atoms with Crippen LogP contribution in [0, 0.1) is 5.41 Å². The summed E-state index contributed by atoms with van der Waals surface area (Å²) in [5.41, 5.74) is 2.11. The number of hydrogen-bond acceptors (Lipinski definition) is 4. The van der Waals surface area contributed by atoms with E-state index >= 15 is 0 Å². The fraction of sp³-hybridized carbons (Fsp3) is 0.739. The Balaban J connectivity index is 3.65. The molecule has 27 heavy (non-hydrogen) atoms. The molecule has 1 rings (SSSR count). The predicted octanol–water partition coefficient (Wildman–Crippen LogP) is 3.92. The number of benzene rings is 1. The molecule has 4 heteroatoms. The molecule has 0 aliphatic rings. The minimum atomic E-state index is -1.06. The summed E-state index contributed by atoms with van der Waals surface area (Å²) < 4.78 is 6.25. The molecular weight excluding hydrogens is 340 g/mol. The molecule has 0 aliphatic heterocycles. The van der Waals surface area contributed by atoms with Gasteiger partial charge in [-0.1, -0.05) is 74.4 Å². The van der Waals surface area contributed by atoms with Gasteiger partial charge in [0, 0.05) is 11.1 Å². The average molecular weight is 381 g/mol. The van der Waals surface area contributed by atoms with Crippen molar-refractivity contribution in [2.75, 3.05) is 26.4 Å². The molecule has 156 valence electrons. The van der Waals surface area contributed by atoms with Crippen LogP contribution in [-0.4, -0.2) is 41.7 Å². The SMILES string of the molecule is CC(C)(C)c1cc(C(C)(C)C)c(OCC(CO)(CO)CO)c(C(C)(C)C)c1. The van der Waals surface area contributed by atoms with E-state index in [1.807, 2.05) is 0 Å². The van der Waals surface area contributed by atoms with Gasteiger partial charge in [0.2, 0.25) is 0 Å².